The highest BCUT2D eigenvalue weighted by Crippen LogP contribution is 2.19. The molecule has 5 nitrogen and oxygen atoms in total. The van der Waals surface area contributed by atoms with Crippen molar-refractivity contribution in [2.24, 2.45) is 0 Å². The molecule has 2 amide bonds. The molecule has 1 N–H and O–H groups in total. The number of nitrogens with zero attached hydrogens (tertiary/aromatic N) is 2. The minimum absolute atomic E-state index is 0.0149. The Labute approximate surface area is 126 Å². The molecule has 0 aliphatic carbocycles. The standard InChI is InChI=1S/C14H18BrN3O2/c1-3-11-14(20)18(12(4-2)13(19)17-11)8-9-5-10(15)7-16-6-9/h5-7,11-12H,3-4,8H2,1-2H3,(H,17,19). The third-order valence-corrected chi connectivity index (χ3v) is 3.92. The van der Waals surface area contributed by atoms with E-state index >= 15 is 0 Å². The van der Waals surface area contributed by atoms with Crippen molar-refractivity contribution in [3.63, 3.8) is 0 Å². The van der Waals surface area contributed by atoms with Crippen LogP contribution in [0, 0.1) is 0 Å². The van der Waals surface area contributed by atoms with Crippen LogP contribution >= 0.6 is 15.9 Å². The van der Waals surface area contributed by atoms with Gasteiger partial charge in [-0.15, -0.1) is 0 Å². The van der Waals surface area contributed by atoms with Gasteiger partial charge in [0.25, 0.3) is 0 Å². The number of halogens is 1. The molecule has 2 heterocycles. The minimum Gasteiger partial charge on any atom is -0.343 e. The van der Waals surface area contributed by atoms with E-state index in [1.165, 1.54) is 0 Å². The van der Waals surface area contributed by atoms with Crippen molar-refractivity contribution in [1.82, 2.24) is 15.2 Å². The maximum absolute atomic E-state index is 12.4. The molecule has 2 unspecified atom stereocenters. The van der Waals surface area contributed by atoms with E-state index in [1.54, 1.807) is 17.3 Å². The SMILES string of the molecule is CCC1NC(=O)C(CC)N(Cc2cncc(Br)c2)C1=O. The molecule has 0 saturated carbocycles. The van der Waals surface area contributed by atoms with Crippen molar-refractivity contribution in [3.05, 3.63) is 28.5 Å². The molecular formula is C14H18BrN3O2. The first-order valence-corrected chi connectivity index (χ1v) is 7.56. The first-order chi connectivity index (χ1) is 9.56. The van der Waals surface area contributed by atoms with Crippen LogP contribution in [-0.2, 0) is 16.1 Å². The summed E-state index contributed by atoms with van der Waals surface area (Å²) in [6.07, 6.45) is 4.63. The first kappa shape index (κ1) is 15.0. The number of carbonyl (C=O) groups is 2. The molecule has 20 heavy (non-hydrogen) atoms. The maximum Gasteiger partial charge on any atom is 0.246 e. The van der Waals surface area contributed by atoms with Crippen LogP contribution in [0.2, 0.25) is 0 Å². The fourth-order valence-corrected chi connectivity index (χ4v) is 2.85. The Morgan fingerprint density at radius 3 is 2.65 bits per heavy atom. The van der Waals surface area contributed by atoms with E-state index < -0.39 is 12.1 Å². The third-order valence-electron chi connectivity index (χ3n) is 3.49. The van der Waals surface area contributed by atoms with Crippen LogP contribution in [0.15, 0.2) is 22.9 Å². The Kier molecular flexibility index (Phi) is 4.75. The quantitative estimate of drug-likeness (QED) is 0.910. The largest absolute Gasteiger partial charge is 0.343 e. The second kappa shape index (κ2) is 6.35. The van der Waals surface area contributed by atoms with E-state index in [9.17, 15) is 9.59 Å². The highest BCUT2D eigenvalue weighted by atomic mass is 79.9. The van der Waals surface area contributed by atoms with E-state index in [-0.39, 0.29) is 11.8 Å². The van der Waals surface area contributed by atoms with Crippen molar-refractivity contribution >= 4 is 27.7 Å². The molecule has 108 valence electrons. The molecule has 1 aromatic heterocycles. The van der Waals surface area contributed by atoms with Crippen molar-refractivity contribution in [3.8, 4) is 0 Å². The zero-order valence-electron chi connectivity index (χ0n) is 11.6. The van der Waals surface area contributed by atoms with Crippen LogP contribution in [0.25, 0.3) is 0 Å². The van der Waals surface area contributed by atoms with Gasteiger partial charge in [-0.3, -0.25) is 14.6 Å². The minimum atomic E-state index is -0.412. The first-order valence-electron chi connectivity index (χ1n) is 6.77. The summed E-state index contributed by atoms with van der Waals surface area (Å²) in [6.45, 7) is 4.22. The van der Waals surface area contributed by atoms with Gasteiger partial charge >= 0.3 is 0 Å². The molecule has 1 fully saturated rings. The Hall–Kier alpha value is -1.43. The Morgan fingerprint density at radius 1 is 1.30 bits per heavy atom. The molecule has 2 atom stereocenters. The normalized spacial score (nSPS) is 22.9. The van der Waals surface area contributed by atoms with Crippen LogP contribution in [0.1, 0.15) is 32.3 Å². The van der Waals surface area contributed by atoms with E-state index in [4.69, 9.17) is 0 Å². The van der Waals surface area contributed by atoms with Crippen LogP contribution in [0.5, 0.6) is 0 Å². The van der Waals surface area contributed by atoms with E-state index in [1.807, 2.05) is 19.9 Å². The molecule has 0 radical (unpaired) electrons. The summed E-state index contributed by atoms with van der Waals surface area (Å²) in [5.74, 6) is -0.0826. The molecule has 0 spiro atoms. The van der Waals surface area contributed by atoms with Crippen molar-refractivity contribution in [1.29, 1.82) is 0 Å². The van der Waals surface area contributed by atoms with E-state index in [0.29, 0.717) is 19.4 Å². The van der Waals surface area contributed by atoms with Gasteiger partial charge in [-0.25, -0.2) is 0 Å². The van der Waals surface area contributed by atoms with Gasteiger partial charge in [-0.2, -0.15) is 0 Å². The zero-order chi connectivity index (χ0) is 14.7. The number of amides is 2. The second-order valence-corrected chi connectivity index (χ2v) is 5.79. The van der Waals surface area contributed by atoms with Crippen molar-refractivity contribution in [2.75, 3.05) is 0 Å². The molecule has 0 aromatic carbocycles. The van der Waals surface area contributed by atoms with Gasteiger partial charge < -0.3 is 10.2 Å². The molecular weight excluding hydrogens is 322 g/mol. The van der Waals surface area contributed by atoms with E-state index in [0.717, 1.165) is 10.0 Å². The van der Waals surface area contributed by atoms with Gasteiger partial charge in [0.15, 0.2) is 0 Å². The van der Waals surface area contributed by atoms with Crippen molar-refractivity contribution < 1.29 is 9.59 Å². The topological polar surface area (TPSA) is 62.3 Å². The van der Waals surface area contributed by atoms with Crippen LogP contribution in [-0.4, -0.2) is 33.8 Å². The lowest BCUT2D eigenvalue weighted by Gasteiger charge is -2.38. The van der Waals surface area contributed by atoms with Gasteiger partial charge in [-0.1, -0.05) is 13.8 Å². The Bertz CT molecular complexity index is 521. The molecule has 1 aliphatic rings. The number of aromatic nitrogens is 1. The molecule has 1 saturated heterocycles. The monoisotopic (exact) mass is 339 g/mol. The highest BCUT2D eigenvalue weighted by Gasteiger charge is 2.38. The smallest absolute Gasteiger partial charge is 0.246 e. The molecule has 1 aromatic rings. The number of nitrogens with one attached hydrogen (secondary N) is 1. The lowest BCUT2D eigenvalue weighted by Crippen LogP contribution is -2.62. The van der Waals surface area contributed by atoms with Gasteiger partial charge in [0.1, 0.15) is 12.1 Å². The lowest BCUT2D eigenvalue weighted by atomic mass is 10.0. The van der Waals surface area contributed by atoms with Crippen LogP contribution in [0.4, 0.5) is 0 Å². The lowest BCUT2D eigenvalue weighted by molar-refractivity contribution is -0.150. The van der Waals surface area contributed by atoms with Gasteiger partial charge in [0.05, 0.1) is 0 Å². The van der Waals surface area contributed by atoms with E-state index in [2.05, 4.69) is 26.2 Å². The number of hydrogen-bond donors (Lipinski definition) is 1. The number of hydrogen-bond acceptors (Lipinski definition) is 3. The van der Waals surface area contributed by atoms with Gasteiger partial charge in [-0.05, 0) is 40.4 Å². The van der Waals surface area contributed by atoms with Crippen LogP contribution < -0.4 is 5.32 Å². The molecule has 2 rings (SSSR count). The number of carbonyl (C=O) groups excluding carboxylic acids is 2. The summed E-state index contributed by atoms with van der Waals surface area (Å²) in [5, 5.41) is 2.79. The van der Waals surface area contributed by atoms with Gasteiger partial charge in [0, 0.05) is 23.4 Å². The molecule has 0 bridgehead atoms. The fourth-order valence-electron chi connectivity index (χ4n) is 2.43. The summed E-state index contributed by atoms with van der Waals surface area (Å²) in [5.41, 5.74) is 0.913. The summed E-state index contributed by atoms with van der Waals surface area (Å²) < 4.78 is 0.865. The predicted octanol–water partition coefficient (Wildman–Crippen LogP) is 1.86. The fraction of sp³-hybridized carbons (Fsp3) is 0.500. The summed E-state index contributed by atoms with van der Waals surface area (Å²) >= 11 is 3.37. The van der Waals surface area contributed by atoms with Crippen molar-refractivity contribution in [2.45, 2.75) is 45.3 Å². The molecule has 6 heteroatoms. The number of rotatable bonds is 4. The summed E-state index contributed by atoms with van der Waals surface area (Å²) in [4.78, 5) is 30.3. The number of pyridine rings is 1. The summed E-state index contributed by atoms with van der Waals surface area (Å²) in [6, 6.07) is 1.11. The number of piperazine rings is 1. The summed E-state index contributed by atoms with van der Waals surface area (Å²) in [7, 11) is 0. The Morgan fingerprint density at radius 2 is 2.05 bits per heavy atom. The maximum atomic E-state index is 12.4. The average molecular weight is 340 g/mol. The van der Waals surface area contributed by atoms with Crippen LogP contribution in [0.3, 0.4) is 0 Å². The Balaban J connectivity index is 2.24. The molecule has 1 aliphatic heterocycles. The zero-order valence-corrected chi connectivity index (χ0v) is 13.2. The highest BCUT2D eigenvalue weighted by molar-refractivity contribution is 9.10. The average Bonchev–Trinajstić information content (AvgIpc) is 2.43. The van der Waals surface area contributed by atoms with Gasteiger partial charge in [0.2, 0.25) is 11.8 Å². The second-order valence-electron chi connectivity index (χ2n) is 4.87. The predicted molar refractivity (Wildman–Crippen MR) is 78.8 cm³/mol. The third kappa shape index (κ3) is 3.00.